The van der Waals surface area contributed by atoms with Gasteiger partial charge in [0.25, 0.3) is 0 Å². The molecule has 0 aliphatic heterocycles. The van der Waals surface area contributed by atoms with Crippen LogP contribution in [-0.4, -0.2) is 0 Å². The first-order valence-corrected chi connectivity index (χ1v) is 3.07. The van der Waals surface area contributed by atoms with Crippen LogP contribution in [-0.2, 0) is 0 Å². The second kappa shape index (κ2) is 3.88. The summed E-state index contributed by atoms with van der Waals surface area (Å²) in [6, 6.07) is 0. The molecule has 0 aromatic carbocycles. The quantitative estimate of drug-likeness (QED) is 0.599. The monoisotopic (exact) mass is 141 g/mol. The van der Waals surface area contributed by atoms with Gasteiger partial charge >= 0.3 is 0 Å². The zero-order chi connectivity index (χ0) is 8.15. The zero-order valence-corrected chi connectivity index (χ0v) is 6.15. The van der Waals surface area contributed by atoms with E-state index in [1.807, 2.05) is 6.92 Å². The molecule has 0 saturated carbocycles. The van der Waals surface area contributed by atoms with Crippen LogP contribution in [0, 0.1) is 0 Å². The summed E-state index contributed by atoms with van der Waals surface area (Å²) in [6.45, 7) is 8.65. The Hall–Kier alpha value is -1.05. The van der Waals surface area contributed by atoms with Crippen molar-refractivity contribution in [1.29, 1.82) is 0 Å². The number of hydrogen-bond donors (Lipinski definition) is 1. The van der Waals surface area contributed by atoms with Gasteiger partial charge in [-0.05, 0) is 18.1 Å². The third-order valence-electron chi connectivity index (χ3n) is 1.08. The second-order valence-electron chi connectivity index (χ2n) is 2.02. The van der Waals surface area contributed by atoms with Crippen LogP contribution in [0.25, 0.3) is 0 Å². The summed E-state index contributed by atoms with van der Waals surface area (Å²) in [5, 5.41) is 0. The fraction of sp³-hybridized carbons (Fsp3) is 0.250. The van der Waals surface area contributed by atoms with Crippen molar-refractivity contribution < 1.29 is 4.39 Å². The van der Waals surface area contributed by atoms with Gasteiger partial charge in [-0.25, -0.2) is 4.39 Å². The normalized spacial score (nSPS) is 11.2. The average Bonchev–Trinajstić information content (AvgIpc) is 1.85. The number of rotatable bonds is 3. The lowest BCUT2D eigenvalue weighted by Crippen LogP contribution is -1.91. The Balaban J connectivity index is 4.19. The highest BCUT2D eigenvalue weighted by atomic mass is 19.1. The van der Waals surface area contributed by atoms with Gasteiger partial charge in [0.05, 0.1) is 0 Å². The van der Waals surface area contributed by atoms with Crippen LogP contribution in [0.3, 0.4) is 0 Å². The van der Waals surface area contributed by atoms with E-state index in [1.54, 1.807) is 0 Å². The topological polar surface area (TPSA) is 26.0 Å². The van der Waals surface area contributed by atoms with Crippen LogP contribution in [0.15, 0.2) is 36.3 Å². The molecule has 0 aromatic rings. The smallest absolute Gasteiger partial charge is 0.127 e. The molecule has 2 heteroatoms. The highest BCUT2D eigenvalue weighted by Crippen LogP contribution is 2.12. The van der Waals surface area contributed by atoms with Crippen molar-refractivity contribution in [2.24, 2.45) is 5.73 Å². The van der Waals surface area contributed by atoms with E-state index in [9.17, 15) is 4.39 Å². The van der Waals surface area contributed by atoms with Gasteiger partial charge in [0.1, 0.15) is 5.83 Å². The number of nitrogens with two attached hydrogens (primary N) is 1. The summed E-state index contributed by atoms with van der Waals surface area (Å²) < 4.78 is 12.7. The van der Waals surface area contributed by atoms with Crippen molar-refractivity contribution in [1.82, 2.24) is 0 Å². The number of hydrogen-bond acceptors (Lipinski definition) is 1. The Morgan fingerprint density at radius 1 is 1.60 bits per heavy atom. The van der Waals surface area contributed by atoms with Gasteiger partial charge in [0, 0.05) is 5.70 Å². The molecular weight excluding hydrogens is 129 g/mol. The Kier molecular flexibility index (Phi) is 3.47. The molecule has 0 heterocycles. The molecule has 0 aromatic heterocycles. The van der Waals surface area contributed by atoms with Crippen LogP contribution < -0.4 is 5.73 Å². The molecule has 0 saturated heterocycles. The van der Waals surface area contributed by atoms with Gasteiger partial charge in [0.2, 0.25) is 0 Å². The van der Waals surface area contributed by atoms with E-state index in [0.717, 1.165) is 0 Å². The lowest BCUT2D eigenvalue weighted by Gasteiger charge is -1.96. The van der Waals surface area contributed by atoms with E-state index in [-0.39, 0.29) is 11.5 Å². The maximum Gasteiger partial charge on any atom is 0.127 e. The summed E-state index contributed by atoms with van der Waals surface area (Å²) in [4.78, 5) is 0. The Labute approximate surface area is 60.7 Å². The lowest BCUT2D eigenvalue weighted by molar-refractivity contribution is 0.643. The average molecular weight is 141 g/mol. The first-order chi connectivity index (χ1) is 4.57. The molecule has 10 heavy (non-hydrogen) atoms. The third-order valence-corrected chi connectivity index (χ3v) is 1.08. The molecule has 1 nitrogen and oxygen atoms in total. The van der Waals surface area contributed by atoms with Crippen molar-refractivity contribution >= 4 is 0 Å². The minimum Gasteiger partial charge on any atom is -0.399 e. The fourth-order valence-corrected chi connectivity index (χ4v) is 0.434. The van der Waals surface area contributed by atoms with Crippen LogP contribution in [0.4, 0.5) is 4.39 Å². The minimum absolute atomic E-state index is 0.215. The largest absolute Gasteiger partial charge is 0.399 e. The number of allylic oxidation sites excluding steroid dienone is 3. The SMILES string of the molecule is C=C(N)/C=C(/F)C(=C)CC. The Bertz CT molecular complexity index is 180. The van der Waals surface area contributed by atoms with Crippen LogP contribution in [0.2, 0.25) is 0 Å². The van der Waals surface area contributed by atoms with Crippen LogP contribution in [0.1, 0.15) is 13.3 Å². The van der Waals surface area contributed by atoms with Gasteiger partial charge in [0.15, 0.2) is 0 Å². The van der Waals surface area contributed by atoms with Crippen LogP contribution >= 0.6 is 0 Å². The van der Waals surface area contributed by atoms with Crippen molar-refractivity contribution in [3.63, 3.8) is 0 Å². The molecule has 0 fully saturated rings. The molecule has 0 aliphatic carbocycles. The maximum atomic E-state index is 12.7. The molecule has 0 unspecified atom stereocenters. The van der Waals surface area contributed by atoms with Crippen molar-refractivity contribution in [3.8, 4) is 0 Å². The van der Waals surface area contributed by atoms with E-state index < -0.39 is 0 Å². The zero-order valence-electron chi connectivity index (χ0n) is 6.15. The van der Waals surface area contributed by atoms with Gasteiger partial charge in [-0.2, -0.15) is 0 Å². The number of halogens is 1. The van der Waals surface area contributed by atoms with Crippen LogP contribution in [0.5, 0.6) is 0 Å². The molecule has 56 valence electrons. The van der Waals surface area contributed by atoms with E-state index in [4.69, 9.17) is 5.73 Å². The first kappa shape index (κ1) is 8.95. The van der Waals surface area contributed by atoms with E-state index >= 15 is 0 Å². The van der Waals surface area contributed by atoms with Crippen molar-refractivity contribution in [2.45, 2.75) is 13.3 Å². The summed E-state index contributed by atoms with van der Waals surface area (Å²) in [7, 11) is 0. The lowest BCUT2D eigenvalue weighted by atomic mass is 10.2. The van der Waals surface area contributed by atoms with Gasteiger partial charge in [-0.1, -0.05) is 20.1 Å². The van der Waals surface area contributed by atoms with Gasteiger partial charge < -0.3 is 5.73 Å². The molecule has 0 amide bonds. The molecule has 0 spiro atoms. The van der Waals surface area contributed by atoms with Gasteiger partial charge in [-0.15, -0.1) is 0 Å². The predicted molar refractivity (Wildman–Crippen MR) is 41.9 cm³/mol. The molecule has 0 aliphatic rings. The van der Waals surface area contributed by atoms with Gasteiger partial charge in [-0.3, -0.25) is 0 Å². The summed E-state index contributed by atoms with van der Waals surface area (Å²) in [5.41, 5.74) is 5.80. The summed E-state index contributed by atoms with van der Waals surface area (Å²) in [5.74, 6) is -0.380. The Morgan fingerprint density at radius 3 is 2.40 bits per heavy atom. The second-order valence-corrected chi connectivity index (χ2v) is 2.02. The van der Waals surface area contributed by atoms with Crippen molar-refractivity contribution in [2.75, 3.05) is 0 Å². The minimum atomic E-state index is -0.380. The summed E-state index contributed by atoms with van der Waals surface area (Å²) in [6.07, 6.45) is 1.77. The van der Waals surface area contributed by atoms with E-state index in [0.29, 0.717) is 12.0 Å². The molecule has 0 bridgehead atoms. The van der Waals surface area contributed by atoms with Crippen molar-refractivity contribution in [3.05, 3.63) is 36.3 Å². The summed E-state index contributed by atoms with van der Waals surface area (Å²) >= 11 is 0. The first-order valence-electron chi connectivity index (χ1n) is 3.07. The molecule has 0 radical (unpaired) electrons. The predicted octanol–water partition coefficient (Wildman–Crippen LogP) is 2.28. The molecule has 0 rings (SSSR count). The molecule has 2 N–H and O–H groups in total. The Morgan fingerprint density at radius 2 is 2.10 bits per heavy atom. The highest BCUT2D eigenvalue weighted by molar-refractivity contribution is 5.27. The fourth-order valence-electron chi connectivity index (χ4n) is 0.434. The standard InChI is InChI=1S/C8H12FN/c1-4-6(2)8(9)5-7(3)10/h5H,2-4,10H2,1H3/b8-5+. The van der Waals surface area contributed by atoms with E-state index in [2.05, 4.69) is 13.2 Å². The van der Waals surface area contributed by atoms with E-state index in [1.165, 1.54) is 6.08 Å². The maximum absolute atomic E-state index is 12.7. The third kappa shape index (κ3) is 3.07. The molecular formula is C8H12FN. The molecule has 0 atom stereocenters. The highest BCUT2D eigenvalue weighted by Gasteiger charge is 1.96.